The second-order valence-corrected chi connectivity index (χ2v) is 11.2. The van der Waals surface area contributed by atoms with Gasteiger partial charge in [0.2, 0.25) is 15.2 Å². The maximum atomic E-state index is 13.2. The Morgan fingerprint density at radius 3 is 2.59 bits per heavy atom. The smallest absolute Gasteiger partial charge is 0.243 e. The van der Waals surface area contributed by atoms with Gasteiger partial charge in [-0.1, -0.05) is 48.6 Å². The van der Waals surface area contributed by atoms with Gasteiger partial charge in [-0.3, -0.25) is 0 Å². The highest BCUT2D eigenvalue weighted by Crippen LogP contribution is 2.26. The molecule has 3 aromatic rings. The third kappa shape index (κ3) is 4.45. The number of sulfonamides is 1. The van der Waals surface area contributed by atoms with E-state index in [-0.39, 0.29) is 5.38 Å². The van der Waals surface area contributed by atoms with Gasteiger partial charge in [0.25, 0.3) is 0 Å². The lowest BCUT2D eigenvalue weighted by Crippen LogP contribution is -2.48. The first kappa shape index (κ1) is 21.6. The molecule has 0 radical (unpaired) electrons. The van der Waals surface area contributed by atoms with Gasteiger partial charge in [0, 0.05) is 44.1 Å². The molecule has 1 saturated heterocycles. The summed E-state index contributed by atoms with van der Waals surface area (Å²) >= 11 is 7.46. The maximum Gasteiger partial charge on any atom is 0.243 e. The summed E-state index contributed by atoms with van der Waals surface area (Å²) in [5, 5.41) is 2.88. The van der Waals surface area contributed by atoms with E-state index >= 15 is 0 Å². The van der Waals surface area contributed by atoms with Gasteiger partial charge < -0.3 is 4.90 Å². The molecule has 0 N–H and O–H groups in total. The van der Waals surface area contributed by atoms with Crippen molar-refractivity contribution in [1.29, 1.82) is 0 Å². The van der Waals surface area contributed by atoms with E-state index in [4.69, 9.17) is 11.6 Å². The third-order valence-electron chi connectivity index (χ3n) is 5.81. The number of allylic oxidation sites excluding steroid dienone is 4. The van der Waals surface area contributed by atoms with E-state index in [1.165, 1.54) is 17.1 Å². The van der Waals surface area contributed by atoms with Gasteiger partial charge in [-0.2, -0.15) is 8.68 Å². The Hall–Kier alpha value is -2.26. The Morgan fingerprint density at radius 2 is 1.84 bits per heavy atom. The van der Waals surface area contributed by atoms with E-state index in [0.717, 1.165) is 28.1 Å². The number of anilines is 1. The van der Waals surface area contributed by atoms with Crippen LogP contribution in [0.15, 0.2) is 71.2 Å². The molecule has 166 valence electrons. The normalized spacial score (nSPS) is 20.0. The quantitative estimate of drug-likeness (QED) is 0.505. The highest BCUT2D eigenvalue weighted by atomic mass is 35.5. The fourth-order valence-electron chi connectivity index (χ4n) is 3.99. The second kappa shape index (κ2) is 8.94. The van der Waals surface area contributed by atoms with Crippen molar-refractivity contribution in [1.82, 2.24) is 13.7 Å². The molecule has 1 aliphatic carbocycles. The molecule has 1 unspecified atom stereocenters. The van der Waals surface area contributed by atoms with Crippen molar-refractivity contribution in [3.8, 4) is 0 Å². The summed E-state index contributed by atoms with van der Waals surface area (Å²) in [6.45, 7) is 2.04. The van der Waals surface area contributed by atoms with E-state index in [2.05, 4.69) is 20.3 Å². The molecule has 1 fully saturated rings. The molecule has 0 saturated carbocycles. The summed E-state index contributed by atoms with van der Waals surface area (Å²) < 4.78 is 32.4. The molecule has 9 heteroatoms. The van der Waals surface area contributed by atoms with Gasteiger partial charge >= 0.3 is 0 Å². The van der Waals surface area contributed by atoms with Crippen molar-refractivity contribution in [2.24, 2.45) is 0 Å². The van der Waals surface area contributed by atoms with Crippen LogP contribution in [-0.2, 0) is 16.4 Å². The molecular formula is C23H23ClN4O2S2. The minimum Gasteiger partial charge on any atom is -0.344 e. The minimum atomic E-state index is -3.53. The molecule has 0 bridgehead atoms. The van der Waals surface area contributed by atoms with E-state index in [9.17, 15) is 8.42 Å². The zero-order valence-electron chi connectivity index (χ0n) is 17.4. The van der Waals surface area contributed by atoms with Gasteiger partial charge in [-0.05, 0) is 34.9 Å². The highest BCUT2D eigenvalue weighted by molar-refractivity contribution is 7.89. The lowest BCUT2D eigenvalue weighted by molar-refractivity contribution is 0.384. The molecule has 2 aromatic carbocycles. The topological polar surface area (TPSA) is 66.4 Å². The first-order valence-electron chi connectivity index (χ1n) is 10.6. The number of hydrogen-bond acceptors (Lipinski definition) is 6. The first-order chi connectivity index (χ1) is 15.5. The van der Waals surface area contributed by atoms with Crippen LogP contribution in [0.25, 0.3) is 10.8 Å². The van der Waals surface area contributed by atoms with Crippen molar-refractivity contribution < 1.29 is 8.42 Å². The van der Waals surface area contributed by atoms with Crippen LogP contribution in [0.3, 0.4) is 0 Å². The number of piperazine rings is 1. The molecule has 2 aliphatic rings. The molecule has 1 atom stereocenters. The van der Waals surface area contributed by atoms with Gasteiger partial charge in [0.05, 0.1) is 10.3 Å². The van der Waals surface area contributed by atoms with Crippen LogP contribution in [0.2, 0.25) is 0 Å². The molecule has 1 aliphatic heterocycles. The van der Waals surface area contributed by atoms with Crippen LogP contribution in [0.1, 0.15) is 12.2 Å². The van der Waals surface area contributed by atoms with Crippen LogP contribution in [-0.4, -0.2) is 53.6 Å². The van der Waals surface area contributed by atoms with Gasteiger partial charge in [0.15, 0.2) is 0 Å². The Bertz CT molecular complexity index is 1290. The molecule has 2 heterocycles. The lowest BCUT2D eigenvalue weighted by atomic mass is 10.0. The first-order valence-corrected chi connectivity index (χ1v) is 13.2. The standard InChI is InChI=1S/C23H23ClN4O2S2/c24-20-8-5-17(6-9-20)15-22-25-23(31-26-22)27-11-13-28(14-12-27)32(29,30)21-10-7-18-3-1-2-4-19(18)16-21/h1-8,10,16,20H,9,11-15H2. The maximum absolute atomic E-state index is 13.2. The fraction of sp³-hybridized carbons (Fsp3) is 0.304. The van der Waals surface area contributed by atoms with Crippen LogP contribution in [0.4, 0.5) is 5.13 Å². The molecular weight excluding hydrogens is 464 g/mol. The molecule has 0 spiro atoms. The van der Waals surface area contributed by atoms with Crippen molar-refractivity contribution in [3.05, 3.63) is 72.1 Å². The zero-order valence-corrected chi connectivity index (χ0v) is 19.8. The number of halogens is 1. The Labute approximate surface area is 197 Å². The summed E-state index contributed by atoms with van der Waals surface area (Å²) in [7, 11) is -3.53. The summed E-state index contributed by atoms with van der Waals surface area (Å²) in [5.74, 6) is 0.792. The largest absolute Gasteiger partial charge is 0.344 e. The number of fused-ring (bicyclic) bond motifs is 1. The van der Waals surface area contributed by atoms with E-state index in [1.54, 1.807) is 16.4 Å². The monoisotopic (exact) mass is 486 g/mol. The zero-order chi connectivity index (χ0) is 22.1. The number of nitrogens with zero attached hydrogens (tertiary/aromatic N) is 4. The number of rotatable bonds is 5. The van der Waals surface area contributed by atoms with Crippen LogP contribution >= 0.6 is 23.1 Å². The van der Waals surface area contributed by atoms with E-state index in [1.807, 2.05) is 42.5 Å². The molecule has 0 amide bonds. The second-order valence-electron chi connectivity index (χ2n) is 7.96. The Kier molecular flexibility index (Phi) is 6.03. The molecule has 6 nitrogen and oxygen atoms in total. The van der Waals surface area contributed by atoms with Gasteiger partial charge in [0.1, 0.15) is 5.82 Å². The number of benzene rings is 2. The molecule has 5 rings (SSSR count). The fourth-order valence-corrected chi connectivity index (χ4v) is 6.35. The number of alkyl halides is 1. The summed E-state index contributed by atoms with van der Waals surface area (Å²) in [4.78, 5) is 7.15. The van der Waals surface area contributed by atoms with Gasteiger partial charge in [-0.25, -0.2) is 13.4 Å². The predicted octanol–water partition coefficient (Wildman–Crippen LogP) is 4.24. The summed E-state index contributed by atoms with van der Waals surface area (Å²) in [5.41, 5.74) is 1.18. The number of hydrogen-bond donors (Lipinski definition) is 0. The van der Waals surface area contributed by atoms with Crippen molar-refractivity contribution in [2.75, 3.05) is 31.1 Å². The van der Waals surface area contributed by atoms with Crippen LogP contribution < -0.4 is 4.90 Å². The minimum absolute atomic E-state index is 0.0693. The molecule has 32 heavy (non-hydrogen) atoms. The number of aromatic nitrogens is 2. The van der Waals surface area contributed by atoms with Gasteiger partial charge in [-0.15, -0.1) is 11.6 Å². The van der Waals surface area contributed by atoms with Crippen molar-refractivity contribution in [3.63, 3.8) is 0 Å². The average Bonchev–Trinajstić information content (AvgIpc) is 3.29. The van der Waals surface area contributed by atoms with Crippen LogP contribution in [0.5, 0.6) is 0 Å². The summed E-state index contributed by atoms with van der Waals surface area (Å²) in [6.07, 6.45) is 7.69. The Morgan fingerprint density at radius 1 is 1.06 bits per heavy atom. The van der Waals surface area contributed by atoms with E-state index in [0.29, 0.717) is 37.5 Å². The summed E-state index contributed by atoms with van der Waals surface area (Å²) in [6, 6.07) is 13.1. The molecule has 1 aromatic heterocycles. The third-order valence-corrected chi connectivity index (χ3v) is 8.84. The SMILES string of the molecule is O=S(=O)(c1ccc2ccccc2c1)N1CCN(c2nc(CC3=CCC(Cl)C=C3)ns2)CC1. The predicted molar refractivity (Wildman–Crippen MR) is 130 cm³/mol. The van der Waals surface area contributed by atoms with Crippen LogP contribution in [0, 0.1) is 0 Å². The van der Waals surface area contributed by atoms with Crippen molar-refractivity contribution in [2.45, 2.75) is 23.1 Å². The van der Waals surface area contributed by atoms with E-state index < -0.39 is 10.0 Å². The van der Waals surface area contributed by atoms with Crippen molar-refractivity contribution >= 4 is 49.1 Å². The average molecular weight is 487 g/mol. The Balaban J connectivity index is 1.24. The lowest BCUT2D eigenvalue weighted by Gasteiger charge is -2.33. The highest BCUT2D eigenvalue weighted by Gasteiger charge is 2.29.